The molecule has 1 aromatic carbocycles. The van der Waals surface area contributed by atoms with Crippen molar-refractivity contribution in [1.82, 2.24) is 9.38 Å². The molecular weight excluding hydrogens is 287 g/mol. The van der Waals surface area contributed by atoms with Crippen LogP contribution in [-0.2, 0) is 9.31 Å². The van der Waals surface area contributed by atoms with Crippen LogP contribution in [0.25, 0.3) is 16.4 Å². The van der Waals surface area contributed by atoms with E-state index in [0.29, 0.717) is 0 Å². The quantitative estimate of drug-likeness (QED) is 0.648. The Bertz CT molecular complexity index is 898. The lowest BCUT2D eigenvalue weighted by atomic mass is 9.78. The third kappa shape index (κ3) is 2.18. The summed E-state index contributed by atoms with van der Waals surface area (Å²) in [5, 5.41) is 2.29. The normalized spacial score (nSPS) is 19.8. The van der Waals surface area contributed by atoms with E-state index in [0.717, 1.165) is 27.6 Å². The van der Waals surface area contributed by atoms with Gasteiger partial charge >= 0.3 is 7.12 Å². The van der Waals surface area contributed by atoms with Crippen LogP contribution in [0.1, 0.15) is 33.4 Å². The first-order valence-corrected chi connectivity index (χ1v) is 8.00. The zero-order chi connectivity index (χ0) is 16.4. The van der Waals surface area contributed by atoms with Gasteiger partial charge in [0.15, 0.2) is 0 Å². The monoisotopic (exact) mass is 308 g/mol. The second-order valence-corrected chi connectivity index (χ2v) is 7.36. The number of aromatic nitrogens is 2. The van der Waals surface area contributed by atoms with E-state index in [1.165, 1.54) is 0 Å². The molecule has 23 heavy (non-hydrogen) atoms. The number of imidazole rings is 1. The third-order valence-electron chi connectivity index (χ3n) is 5.11. The molecule has 0 unspecified atom stereocenters. The zero-order valence-electron chi connectivity index (χ0n) is 14.3. The van der Waals surface area contributed by atoms with E-state index >= 15 is 0 Å². The highest BCUT2D eigenvalue weighted by Gasteiger charge is 2.51. The summed E-state index contributed by atoms with van der Waals surface area (Å²) in [4.78, 5) is 4.62. The average Bonchev–Trinajstić information content (AvgIpc) is 2.95. The highest BCUT2D eigenvalue weighted by atomic mass is 16.7. The molecular formula is C18H21BN2O2. The van der Waals surface area contributed by atoms with Gasteiger partial charge in [-0.1, -0.05) is 18.2 Å². The van der Waals surface area contributed by atoms with E-state index in [9.17, 15) is 0 Å². The maximum Gasteiger partial charge on any atom is 0.494 e. The topological polar surface area (TPSA) is 35.8 Å². The maximum absolute atomic E-state index is 6.15. The van der Waals surface area contributed by atoms with Gasteiger partial charge in [-0.2, -0.15) is 0 Å². The van der Waals surface area contributed by atoms with E-state index in [2.05, 4.69) is 61.3 Å². The summed E-state index contributed by atoms with van der Waals surface area (Å²) in [5.41, 5.74) is 2.41. The van der Waals surface area contributed by atoms with E-state index in [1.807, 2.05) is 19.3 Å². The van der Waals surface area contributed by atoms with Gasteiger partial charge in [-0.25, -0.2) is 4.98 Å². The van der Waals surface area contributed by atoms with Gasteiger partial charge in [0.25, 0.3) is 0 Å². The predicted octanol–water partition coefficient (Wildman–Crippen LogP) is 3.10. The van der Waals surface area contributed by atoms with Crippen LogP contribution in [0, 0.1) is 6.92 Å². The summed E-state index contributed by atoms with van der Waals surface area (Å²) in [6.45, 7) is 10.3. The molecule has 4 rings (SSSR count). The van der Waals surface area contributed by atoms with E-state index < -0.39 is 0 Å². The van der Waals surface area contributed by atoms with Gasteiger partial charge in [0.2, 0.25) is 0 Å². The fraction of sp³-hybridized carbons (Fsp3) is 0.389. The molecule has 0 amide bonds. The fourth-order valence-corrected chi connectivity index (χ4v) is 3.04. The molecule has 0 bridgehead atoms. The number of nitrogens with zero attached hydrogens (tertiary/aromatic N) is 2. The van der Waals surface area contributed by atoms with Crippen molar-refractivity contribution >= 4 is 29.0 Å². The molecule has 1 aliphatic heterocycles. The average molecular weight is 308 g/mol. The standard InChI is InChI=1S/C18H21BN2O2/c1-12-11-21-9-8-13-10-14(6-7-15(13)16(21)20-12)19-22-17(2,3)18(4,5)23-19/h6-11H,1-5H3. The summed E-state index contributed by atoms with van der Waals surface area (Å²) in [7, 11) is -0.331. The van der Waals surface area contributed by atoms with Crippen LogP contribution in [-0.4, -0.2) is 27.7 Å². The van der Waals surface area contributed by atoms with E-state index in [-0.39, 0.29) is 18.3 Å². The van der Waals surface area contributed by atoms with Crippen molar-refractivity contribution in [2.24, 2.45) is 0 Å². The molecule has 0 saturated carbocycles. The highest BCUT2D eigenvalue weighted by Crippen LogP contribution is 2.36. The summed E-state index contributed by atoms with van der Waals surface area (Å²) >= 11 is 0. The van der Waals surface area contributed by atoms with Crippen molar-refractivity contribution in [3.05, 3.63) is 42.4 Å². The molecule has 1 saturated heterocycles. The molecule has 2 aromatic heterocycles. The largest absolute Gasteiger partial charge is 0.494 e. The lowest BCUT2D eigenvalue weighted by Gasteiger charge is -2.32. The predicted molar refractivity (Wildman–Crippen MR) is 93.2 cm³/mol. The Morgan fingerprint density at radius 3 is 2.43 bits per heavy atom. The Hall–Kier alpha value is -1.85. The minimum Gasteiger partial charge on any atom is -0.399 e. The second kappa shape index (κ2) is 4.59. The van der Waals surface area contributed by atoms with E-state index in [1.54, 1.807) is 0 Å². The molecule has 0 aliphatic carbocycles. The van der Waals surface area contributed by atoms with Gasteiger partial charge in [-0.3, -0.25) is 0 Å². The number of aryl methyl sites for hydroxylation is 1. The smallest absolute Gasteiger partial charge is 0.399 e. The summed E-state index contributed by atoms with van der Waals surface area (Å²) in [6, 6.07) is 8.44. The first kappa shape index (κ1) is 14.7. The summed E-state index contributed by atoms with van der Waals surface area (Å²) in [5.74, 6) is 0. The first-order valence-electron chi connectivity index (χ1n) is 8.00. The molecule has 0 atom stereocenters. The van der Waals surface area contributed by atoms with Crippen LogP contribution in [0.2, 0.25) is 0 Å². The van der Waals surface area contributed by atoms with Crippen molar-refractivity contribution in [3.63, 3.8) is 0 Å². The van der Waals surface area contributed by atoms with Crippen LogP contribution in [0.3, 0.4) is 0 Å². The van der Waals surface area contributed by atoms with Crippen LogP contribution >= 0.6 is 0 Å². The Balaban J connectivity index is 1.80. The third-order valence-corrected chi connectivity index (χ3v) is 5.11. The molecule has 3 aromatic rings. The second-order valence-electron chi connectivity index (χ2n) is 7.36. The number of hydrogen-bond donors (Lipinski definition) is 0. The van der Waals surface area contributed by atoms with Gasteiger partial charge in [-0.15, -0.1) is 0 Å². The minimum absolute atomic E-state index is 0.323. The molecule has 1 fully saturated rings. The van der Waals surface area contributed by atoms with Gasteiger partial charge in [0.05, 0.1) is 16.9 Å². The molecule has 3 heterocycles. The molecule has 1 aliphatic rings. The Kier molecular flexibility index (Phi) is 2.94. The van der Waals surface area contributed by atoms with Crippen LogP contribution < -0.4 is 5.46 Å². The zero-order valence-corrected chi connectivity index (χ0v) is 14.3. The van der Waals surface area contributed by atoms with Crippen LogP contribution in [0.15, 0.2) is 36.7 Å². The summed E-state index contributed by atoms with van der Waals surface area (Å²) in [6.07, 6.45) is 4.09. The lowest BCUT2D eigenvalue weighted by Crippen LogP contribution is -2.41. The molecule has 118 valence electrons. The molecule has 4 nitrogen and oxygen atoms in total. The Labute approximate surface area is 136 Å². The number of rotatable bonds is 1. The number of fused-ring (bicyclic) bond motifs is 3. The molecule has 0 spiro atoms. The van der Waals surface area contributed by atoms with E-state index in [4.69, 9.17) is 9.31 Å². The fourth-order valence-electron chi connectivity index (χ4n) is 3.04. The van der Waals surface area contributed by atoms with Crippen molar-refractivity contribution in [1.29, 1.82) is 0 Å². The number of pyridine rings is 1. The lowest BCUT2D eigenvalue weighted by molar-refractivity contribution is 0.00578. The minimum atomic E-state index is -0.331. The van der Waals surface area contributed by atoms with Crippen LogP contribution in [0.5, 0.6) is 0 Å². The van der Waals surface area contributed by atoms with Gasteiger partial charge in [-0.05, 0) is 51.5 Å². The van der Waals surface area contributed by atoms with Crippen molar-refractivity contribution in [3.8, 4) is 0 Å². The molecule has 0 radical (unpaired) electrons. The Morgan fingerprint density at radius 1 is 1.04 bits per heavy atom. The SMILES string of the molecule is Cc1cn2ccc3cc(B4OC(C)(C)C(C)(C)O4)ccc3c2n1. The van der Waals surface area contributed by atoms with Crippen molar-refractivity contribution in [2.45, 2.75) is 45.8 Å². The number of hydrogen-bond acceptors (Lipinski definition) is 3. The van der Waals surface area contributed by atoms with Crippen LogP contribution in [0.4, 0.5) is 0 Å². The Morgan fingerprint density at radius 2 is 1.74 bits per heavy atom. The molecule has 0 N–H and O–H groups in total. The maximum atomic E-state index is 6.15. The summed E-state index contributed by atoms with van der Waals surface area (Å²) < 4.78 is 14.4. The van der Waals surface area contributed by atoms with Gasteiger partial charge in [0, 0.05) is 17.8 Å². The van der Waals surface area contributed by atoms with Crippen molar-refractivity contribution < 1.29 is 9.31 Å². The van der Waals surface area contributed by atoms with Crippen molar-refractivity contribution in [2.75, 3.05) is 0 Å². The number of benzene rings is 1. The highest BCUT2D eigenvalue weighted by molar-refractivity contribution is 6.62. The first-order chi connectivity index (χ1) is 10.8. The van der Waals surface area contributed by atoms with Gasteiger partial charge < -0.3 is 13.7 Å². The van der Waals surface area contributed by atoms with Gasteiger partial charge in [0.1, 0.15) is 5.65 Å². The molecule has 5 heteroatoms.